The third-order valence-corrected chi connectivity index (χ3v) is 7.86. The molecule has 2 atom stereocenters. The highest BCUT2D eigenvalue weighted by Gasteiger charge is 2.49. The van der Waals surface area contributed by atoms with Gasteiger partial charge in [-0.15, -0.1) is 0 Å². The summed E-state index contributed by atoms with van der Waals surface area (Å²) < 4.78 is 24.1. The Kier molecular flexibility index (Phi) is 10.2. The minimum atomic E-state index is -0.862. The number of carbonyl (C=O) groups excluding carboxylic acids is 1. The monoisotopic (exact) mass is 541 g/mol. The summed E-state index contributed by atoms with van der Waals surface area (Å²) >= 11 is 0. The number of carbonyl (C=O) groups is 1. The average Bonchev–Trinajstić information content (AvgIpc) is 3.78. The number of pyridine rings is 1. The first kappa shape index (κ1) is 29.3. The number of aryl methyl sites for hydroxylation is 2. The number of ether oxygens (including phenoxy) is 4. The van der Waals surface area contributed by atoms with E-state index in [0.717, 1.165) is 48.1 Å². The van der Waals surface area contributed by atoms with Crippen LogP contribution in [0, 0.1) is 5.92 Å². The highest BCUT2D eigenvalue weighted by atomic mass is 16.5. The number of nitrogens with one attached hydrogen (secondary N) is 1. The minimum absolute atomic E-state index is 0.0545. The number of hydrogen-bond donors (Lipinski definition) is 1. The molecule has 1 amide bonds. The maximum absolute atomic E-state index is 14.3. The third-order valence-electron chi connectivity index (χ3n) is 7.86. The molecule has 4 rings (SSSR count). The molecule has 2 fully saturated rings. The molecule has 2 aliphatic rings. The van der Waals surface area contributed by atoms with Gasteiger partial charge in [0, 0.05) is 66.4 Å². The Morgan fingerprint density at radius 3 is 2.54 bits per heavy atom. The van der Waals surface area contributed by atoms with E-state index < -0.39 is 11.5 Å². The Morgan fingerprint density at radius 1 is 1.08 bits per heavy atom. The van der Waals surface area contributed by atoms with Crippen LogP contribution in [0.5, 0.6) is 5.75 Å². The fourth-order valence-electron chi connectivity index (χ4n) is 5.55. The van der Waals surface area contributed by atoms with Crippen molar-refractivity contribution in [2.45, 2.75) is 50.3 Å². The molecule has 0 unspecified atom stereocenters. The van der Waals surface area contributed by atoms with Gasteiger partial charge in [0.25, 0.3) is 5.56 Å². The molecule has 2 aromatic rings. The molecule has 214 valence electrons. The predicted molar refractivity (Wildman–Crippen MR) is 149 cm³/mol. The Hall–Kier alpha value is -2.72. The molecular weight excluding hydrogens is 498 g/mol. The van der Waals surface area contributed by atoms with Gasteiger partial charge in [0.2, 0.25) is 5.91 Å². The van der Waals surface area contributed by atoms with Crippen LogP contribution in [0.1, 0.15) is 42.4 Å². The molecule has 1 aliphatic heterocycles. The highest BCUT2D eigenvalue weighted by Crippen LogP contribution is 2.41. The van der Waals surface area contributed by atoms with Gasteiger partial charge in [-0.1, -0.05) is 6.07 Å². The lowest BCUT2D eigenvalue weighted by Crippen LogP contribution is -2.56. The first-order valence-corrected chi connectivity index (χ1v) is 13.9. The molecule has 0 spiro atoms. The molecule has 9 heteroatoms. The molecule has 1 aromatic heterocycles. The number of aromatic nitrogens is 1. The average molecular weight is 542 g/mol. The summed E-state index contributed by atoms with van der Waals surface area (Å²) in [6, 6.07) is 9.99. The predicted octanol–water partition coefficient (Wildman–Crippen LogP) is 2.63. The fourth-order valence-corrected chi connectivity index (χ4v) is 5.55. The van der Waals surface area contributed by atoms with Crippen molar-refractivity contribution in [2.24, 2.45) is 13.0 Å². The van der Waals surface area contributed by atoms with Crippen LogP contribution in [-0.4, -0.2) is 75.7 Å². The quantitative estimate of drug-likeness (QED) is 0.368. The zero-order valence-electron chi connectivity index (χ0n) is 23.7. The van der Waals surface area contributed by atoms with Crippen molar-refractivity contribution < 1.29 is 23.7 Å². The van der Waals surface area contributed by atoms with Gasteiger partial charge in [-0.05, 0) is 73.5 Å². The molecule has 0 radical (unpaired) electrons. The standard InChI is InChI=1S/C30H43N3O6/c1-32-12-9-24(19-28(32)34)30(38-4)10-11-31-20-27(30)29(35)33(25-7-8-25)21-23-16-22(6-5-13-36-2)17-26(18-23)39-15-14-37-3/h9,12,16-19,25,27,31H,5-8,10-11,13-15,20-21H2,1-4H3/t27-,30+/m1/s1. The molecule has 1 saturated heterocycles. The van der Waals surface area contributed by atoms with Crippen molar-refractivity contribution in [3.63, 3.8) is 0 Å². The summed E-state index contributed by atoms with van der Waals surface area (Å²) in [5, 5.41) is 3.40. The van der Waals surface area contributed by atoms with E-state index in [9.17, 15) is 9.59 Å². The van der Waals surface area contributed by atoms with Crippen molar-refractivity contribution in [1.82, 2.24) is 14.8 Å². The Morgan fingerprint density at radius 2 is 1.85 bits per heavy atom. The van der Waals surface area contributed by atoms with E-state index in [1.165, 1.54) is 4.57 Å². The van der Waals surface area contributed by atoms with Gasteiger partial charge < -0.3 is 33.7 Å². The number of piperidine rings is 1. The number of nitrogens with zero attached hydrogens (tertiary/aromatic N) is 2. The first-order valence-electron chi connectivity index (χ1n) is 13.9. The Bertz CT molecular complexity index is 1140. The van der Waals surface area contributed by atoms with Crippen LogP contribution in [0.15, 0.2) is 41.3 Å². The van der Waals surface area contributed by atoms with Gasteiger partial charge in [0.1, 0.15) is 18.0 Å². The van der Waals surface area contributed by atoms with Crippen LogP contribution < -0.4 is 15.6 Å². The lowest BCUT2D eigenvalue weighted by Gasteiger charge is -2.44. The lowest BCUT2D eigenvalue weighted by molar-refractivity contribution is -0.155. The minimum Gasteiger partial charge on any atom is -0.491 e. The summed E-state index contributed by atoms with van der Waals surface area (Å²) in [6.07, 6.45) is 6.11. The van der Waals surface area contributed by atoms with Gasteiger partial charge in [-0.3, -0.25) is 9.59 Å². The molecule has 2 heterocycles. The Labute approximate surface area is 231 Å². The van der Waals surface area contributed by atoms with E-state index in [4.69, 9.17) is 18.9 Å². The number of benzene rings is 1. The van der Waals surface area contributed by atoms with E-state index in [1.54, 1.807) is 40.6 Å². The molecule has 9 nitrogen and oxygen atoms in total. The van der Waals surface area contributed by atoms with Crippen molar-refractivity contribution in [3.05, 3.63) is 63.6 Å². The SMILES string of the molecule is COCCCc1cc(CN(C(=O)[C@H]2CNCC[C@]2(OC)c2ccn(C)c(=O)c2)C2CC2)cc(OCCOC)c1. The van der Waals surface area contributed by atoms with E-state index in [1.807, 2.05) is 17.0 Å². The summed E-state index contributed by atoms with van der Waals surface area (Å²) in [5.41, 5.74) is 1.99. The summed E-state index contributed by atoms with van der Waals surface area (Å²) in [4.78, 5) is 28.9. The maximum atomic E-state index is 14.3. The van der Waals surface area contributed by atoms with Gasteiger partial charge in [0.05, 0.1) is 12.5 Å². The molecule has 1 saturated carbocycles. The second-order valence-electron chi connectivity index (χ2n) is 10.6. The first-order chi connectivity index (χ1) is 18.9. The smallest absolute Gasteiger partial charge is 0.250 e. The molecule has 1 aromatic carbocycles. The zero-order chi connectivity index (χ0) is 27.8. The van der Waals surface area contributed by atoms with Crippen molar-refractivity contribution >= 4 is 5.91 Å². The zero-order valence-corrected chi connectivity index (χ0v) is 23.7. The number of amides is 1. The number of methoxy groups -OCH3 is 3. The Balaban J connectivity index is 1.62. The van der Waals surface area contributed by atoms with Crippen LogP contribution >= 0.6 is 0 Å². The maximum Gasteiger partial charge on any atom is 0.250 e. The van der Waals surface area contributed by atoms with E-state index >= 15 is 0 Å². The molecule has 39 heavy (non-hydrogen) atoms. The normalized spacial score (nSPS) is 21.1. The molecule has 0 bridgehead atoms. The summed E-state index contributed by atoms with van der Waals surface area (Å²) in [5.74, 6) is 0.385. The van der Waals surface area contributed by atoms with Crippen LogP contribution in [0.25, 0.3) is 0 Å². The van der Waals surface area contributed by atoms with Crippen molar-refractivity contribution in [2.75, 3.05) is 54.2 Å². The fraction of sp³-hybridized carbons (Fsp3) is 0.600. The van der Waals surface area contributed by atoms with E-state index in [0.29, 0.717) is 45.9 Å². The van der Waals surface area contributed by atoms with E-state index in [2.05, 4.69) is 17.4 Å². The van der Waals surface area contributed by atoms with Crippen LogP contribution in [0.3, 0.4) is 0 Å². The van der Waals surface area contributed by atoms with Crippen LogP contribution in [-0.2, 0) is 44.6 Å². The number of rotatable bonds is 14. The van der Waals surface area contributed by atoms with Crippen molar-refractivity contribution in [3.8, 4) is 5.75 Å². The second-order valence-corrected chi connectivity index (χ2v) is 10.6. The van der Waals surface area contributed by atoms with Crippen molar-refractivity contribution in [1.29, 1.82) is 0 Å². The summed E-state index contributed by atoms with van der Waals surface area (Å²) in [7, 11) is 6.74. The third kappa shape index (κ3) is 7.08. The summed E-state index contributed by atoms with van der Waals surface area (Å²) in [6.45, 7) is 3.35. The second kappa shape index (κ2) is 13.6. The van der Waals surface area contributed by atoms with Gasteiger partial charge >= 0.3 is 0 Å². The van der Waals surface area contributed by atoms with Crippen LogP contribution in [0.4, 0.5) is 0 Å². The van der Waals surface area contributed by atoms with Gasteiger partial charge in [-0.2, -0.15) is 0 Å². The van der Waals surface area contributed by atoms with Crippen LogP contribution in [0.2, 0.25) is 0 Å². The number of hydrogen-bond acceptors (Lipinski definition) is 7. The van der Waals surface area contributed by atoms with Gasteiger partial charge in [0.15, 0.2) is 0 Å². The van der Waals surface area contributed by atoms with E-state index in [-0.39, 0.29) is 17.5 Å². The molecular formula is C30H43N3O6. The largest absolute Gasteiger partial charge is 0.491 e. The van der Waals surface area contributed by atoms with Gasteiger partial charge in [-0.25, -0.2) is 0 Å². The molecule has 1 aliphatic carbocycles. The molecule has 1 N–H and O–H groups in total. The topological polar surface area (TPSA) is 91.3 Å². The lowest BCUT2D eigenvalue weighted by atomic mass is 9.75. The highest BCUT2D eigenvalue weighted by molar-refractivity contribution is 5.81.